The van der Waals surface area contributed by atoms with Crippen molar-refractivity contribution < 1.29 is 67.5 Å². The number of benzene rings is 1. The number of amides is 6. The Balaban J connectivity index is 1.55. The summed E-state index contributed by atoms with van der Waals surface area (Å²) >= 11 is 1.29. The van der Waals surface area contributed by atoms with Crippen LogP contribution in [0.1, 0.15) is 173 Å². The first kappa shape index (κ1) is 71.8. The van der Waals surface area contributed by atoms with Crippen LogP contribution in [-0.2, 0) is 44.5 Å². The smallest absolute Gasteiger partial charge is 0.412 e. The molecule has 0 aliphatic carbocycles. The molecule has 0 radical (unpaired) electrons. The van der Waals surface area contributed by atoms with E-state index in [1.54, 1.807) is 36.6 Å². The van der Waals surface area contributed by atoms with Gasteiger partial charge in [0, 0.05) is 70.2 Å². The van der Waals surface area contributed by atoms with E-state index < -0.39 is 60.6 Å². The van der Waals surface area contributed by atoms with Crippen LogP contribution >= 0.6 is 11.3 Å². The lowest BCUT2D eigenvalue weighted by molar-refractivity contribution is -0.187. The number of aromatic nitrogens is 1. The zero-order chi connectivity index (χ0) is 61.6. The predicted octanol–water partition coefficient (Wildman–Crippen LogP) is 7.62. The molecule has 22 nitrogen and oxygen atoms in total. The van der Waals surface area contributed by atoms with Crippen LogP contribution < -0.4 is 31.3 Å². The second kappa shape index (κ2) is 37.8. The Bertz CT molecular complexity index is 2280. The van der Waals surface area contributed by atoms with Crippen molar-refractivity contribution in [2.24, 2.45) is 23.2 Å². The molecule has 6 amide bonds. The number of aliphatic hydroxyl groups is 1. The molecule has 2 heterocycles. The number of carboxylic acids is 1. The van der Waals surface area contributed by atoms with Crippen LogP contribution in [0.3, 0.4) is 0 Å². The highest BCUT2D eigenvalue weighted by Gasteiger charge is 2.38. The van der Waals surface area contributed by atoms with Crippen molar-refractivity contribution in [3.05, 3.63) is 45.9 Å². The Morgan fingerprint density at radius 3 is 2.18 bits per heavy atom. The number of carbonyl (C=O) groups excluding carboxylic acids is 6. The molecule has 1 aliphatic heterocycles. The fourth-order valence-corrected chi connectivity index (χ4v) is 10.6. The zero-order valence-electron chi connectivity index (χ0n) is 51.6. The van der Waals surface area contributed by atoms with Crippen molar-refractivity contribution >= 4 is 53.1 Å². The van der Waals surface area contributed by atoms with Crippen molar-refractivity contribution in [3.63, 3.8) is 0 Å². The Hall–Kier alpha value is -5.46. The number of methoxy groups -OCH3 is 1. The Morgan fingerprint density at radius 1 is 0.892 bits per heavy atom. The van der Waals surface area contributed by atoms with Gasteiger partial charge in [-0.25, -0.2) is 14.6 Å². The van der Waals surface area contributed by atoms with Crippen molar-refractivity contribution in [2.45, 2.75) is 195 Å². The standard InChI is InChI=1S/C60H100N8O14S/c1-13-29-68(56(73)52(40(6)15-3)66-54(72)47-20-16-19-30-67(47)11)48(39(4)5)34-49(79-31-14-2)55-65-46(38-83-55)53(71)64-43(32-41(7)57(74)75)33-42-21-23-44(24-22-42)82-59(77)62-27-18-17-26-61-50(70)25-28-63-58(76)80-37-51(78-12)81-45(36-69)35-60(8,9)10/h21-24,38-41,43,45,47-49,51-52,69H,13-20,25-37H2,1-12H3,(H,61,70)(H,62,77)(H,63,76)(H,64,71)(H,66,72)(H,74,75)/t40-,41-,43+,45?,47+,48+,49+,51?,52-/m0/s1. The van der Waals surface area contributed by atoms with Gasteiger partial charge in [-0.1, -0.05) is 94.2 Å². The number of rotatable bonds is 38. The van der Waals surface area contributed by atoms with E-state index in [9.17, 15) is 43.8 Å². The zero-order valence-corrected chi connectivity index (χ0v) is 52.4. The van der Waals surface area contributed by atoms with Crippen molar-refractivity contribution in [2.75, 3.05) is 66.7 Å². The van der Waals surface area contributed by atoms with Crippen molar-refractivity contribution in [1.29, 1.82) is 0 Å². The molecule has 3 rings (SSSR count). The van der Waals surface area contributed by atoms with Gasteiger partial charge >= 0.3 is 18.2 Å². The number of hydrogen-bond donors (Lipinski definition) is 7. The third kappa shape index (κ3) is 26.6. The molecule has 1 fully saturated rings. The normalized spacial score (nSPS) is 16.7. The topological polar surface area (TPSA) is 286 Å². The van der Waals surface area contributed by atoms with Gasteiger partial charge in [-0.05, 0) is 106 Å². The highest BCUT2D eigenvalue weighted by molar-refractivity contribution is 7.09. The van der Waals surface area contributed by atoms with Crippen LogP contribution in [-0.4, -0.2) is 170 Å². The molecule has 83 heavy (non-hydrogen) atoms. The largest absolute Gasteiger partial charge is 0.481 e. The third-order valence-electron chi connectivity index (χ3n) is 14.6. The number of aliphatic hydroxyl groups excluding tert-OH is 1. The van der Waals surface area contributed by atoms with Crippen LogP contribution in [0.25, 0.3) is 0 Å². The molecule has 23 heteroatoms. The molecule has 1 aromatic carbocycles. The fourth-order valence-electron chi connectivity index (χ4n) is 9.76. The number of alkyl carbamates (subject to hydrolysis) is 1. The number of nitrogens with zero attached hydrogens (tertiary/aromatic N) is 3. The van der Waals surface area contributed by atoms with Gasteiger partial charge in [-0.15, -0.1) is 11.3 Å². The number of likely N-dealkylation sites (tertiary alicyclic amines) is 1. The molecular weight excluding hydrogens is 1090 g/mol. The van der Waals surface area contributed by atoms with Gasteiger partial charge in [0.2, 0.25) is 17.7 Å². The van der Waals surface area contributed by atoms with E-state index in [1.165, 1.54) is 18.4 Å². The first-order chi connectivity index (χ1) is 39.4. The van der Waals surface area contributed by atoms with Crippen molar-refractivity contribution in [1.82, 2.24) is 41.4 Å². The van der Waals surface area contributed by atoms with Gasteiger partial charge in [-0.3, -0.25) is 28.9 Å². The first-order valence-corrected chi connectivity index (χ1v) is 30.7. The number of thiazole rings is 1. The van der Waals surface area contributed by atoms with Gasteiger partial charge in [0.05, 0.1) is 24.7 Å². The molecule has 2 aromatic rings. The molecule has 1 aromatic heterocycles. The molecule has 470 valence electrons. The van der Waals surface area contributed by atoms with E-state index in [2.05, 4.69) is 45.3 Å². The van der Waals surface area contributed by atoms with Gasteiger partial charge in [0.1, 0.15) is 35.2 Å². The number of nitrogens with one attached hydrogen (secondary N) is 5. The lowest BCUT2D eigenvalue weighted by Crippen LogP contribution is -2.58. The SMILES string of the molecule is CCCO[C@H](C[C@H](C(C)C)N(CCC)C(=O)[C@@H](NC(=O)[C@H]1CCCCN1C)[C@@H](C)CC)c1nc(C(=O)N[C@@H](Cc2ccc(OC(=O)NCCCCNC(=O)CCNC(=O)OCC(OC)OC(CO)CC(C)(C)C)cc2)C[C@H](C)C(=O)O)cs1. The lowest BCUT2D eigenvalue weighted by Gasteiger charge is -2.40. The van der Waals surface area contributed by atoms with Crippen LogP contribution in [0, 0.1) is 23.2 Å². The number of piperidine rings is 1. The Morgan fingerprint density at radius 2 is 1.58 bits per heavy atom. The van der Waals surface area contributed by atoms with Gasteiger partial charge in [0.25, 0.3) is 5.91 Å². The maximum Gasteiger partial charge on any atom is 0.412 e. The number of carboxylic acid groups (broad SMARTS) is 1. The average Bonchev–Trinajstić information content (AvgIpc) is 3.97. The molecule has 0 bridgehead atoms. The first-order valence-electron chi connectivity index (χ1n) is 29.9. The van der Waals surface area contributed by atoms with Crippen LogP contribution in [0.5, 0.6) is 5.75 Å². The average molecular weight is 1190 g/mol. The van der Waals surface area contributed by atoms with Gasteiger partial charge < -0.3 is 65.4 Å². The van der Waals surface area contributed by atoms with Crippen LogP contribution in [0.15, 0.2) is 29.6 Å². The summed E-state index contributed by atoms with van der Waals surface area (Å²) in [4.78, 5) is 100. The van der Waals surface area contributed by atoms with Crippen LogP contribution in [0.4, 0.5) is 9.59 Å². The molecule has 1 aliphatic rings. The third-order valence-corrected chi connectivity index (χ3v) is 15.5. The minimum atomic E-state index is -1.00. The quantitative estimate of drug-likeness (QED) is 0.0251. The van der Waals surface area contributed by atoms with Gasteiger partial charge in [-0.2, -0.15) is 0 Å². The molecule has 2 unspecified atom stereocenters. The maximum absolute atomic E-state index is 14.8. The molecule has 1 saturated heterocycles. The summed E-state index contributed by atoms with van der Waals surface area (Å²) in [6, 6.07) is 4.86. The summed E-state index contributed by atoms with van der Waals surface area (Å²) < 4.78 is 28.0. The second-order valence-corrected chi connectivity index (χ2v) is 24.3. The number of ether oxygens (including phenoxy) is 5. The van der Waals surface area contributed by atoms with E-state index in [-0.39, 0.29) is 104 Å². The summed E-state index contributed by atoms with van der Waals surface area (Å²) in [5.74, 6) is -2.58. The highest BCUT2D eigenvalue weighted by Crippen LogP contribution is 2.32. The summed E-state index contributed by atoms with van der Waals surface area (Å²) in [7, 11) is 3.37. The van der Waals surface area contributed by atoms with E-state index in [0.717, 1.165) is 37.8 Å². The second-order valence-electron chi connectivity index (χ2n) is 23.4. The van der Waals surface area contributed by atoms with Crippen LogP contribution in [0.2, 0.25) is 0 Å². The molecule has 0 saturated carbocycles. The highest BCUT2D eigenvalue weighted by atomic mass is 32.1. The Kier molecular flexibility index (Phi) is 32.7. The summed E-state index contributed by atoms with van der Waals surface area (Å²) in [6.45, 7) is 21.9. The number of carbonyl (C=O) groups is 7. The number of unbranched alkanes of at least 4 members (excludes halogenated alkanes) is 1. The van der Waals surface area contributed by atoms with E-state index >= 15 is 0 Å². The monoisotopic (exact) mass is 1190 g/mol. The maximum atomic E-state index is 14.8. The molecular formula is C60H100N8O14S. The summed E-state index contributed by atoms with van der Waals surface area (Å²) in [5.41, 5.74) is 0.833. The molecule has 9 atom stereocenters. The van der Waals surface area contributed by atoms with E-state index in [1.807, 2.05) is 60.4 Å². The molecule has 0 spiro atoms. The Labute approximate surface area is 497 Å². The number of hydrogen-bond acceptors (Lipinski definition) is 16. The lowest BCUT2D eigenvalue weighted by atomic mass is 9.89. The van der Waals surface area contributed by atoms with E-state index in [4.69, 9.17) is 28.7 Å². The fraction of sp³-hybridized carbons (Fsp3) is 0.733. The minimum Gasteiger partial charge on any atom is -0.481 e. The number of aliphatic carboxylic acids is 1. The summed E-state index contributed by atoms with van der Waals surface area (Å²) in [5, 5.41) is 35.9. The van der Waals surface area contributed by atoms with E-state index in [0.29, 0.717) is 63.2 Å². The summed E-state index contributed by atoms with van der Waals surface area (Å²) in [6.07, 6.45) is 4.13. The van der Waals surface area contributed by atoms with Crippen molar-refractivity contribution in [3.8, 4) is 5.75 Å². The minimum absolute atomic E-state index is 0.0124. The predicted molar refractivity (Wildman–Crippen MR) is 318 cm³/mol. The number of likely N-dealkylation sites (N-methyl/N-ethyl adjacent to an activating group) is 1. The van der Waals surface area contributed by atoms with Gasteiger partial charge in [0.15, 0.2) is 6.29 Å². The molecule has 7 N–H and O–H groups in total.